The van der Waals surface area contributed by atoms with Crippen LogP contribution < -0.4 is 10.5 Å². The average molecular weight is 287 g/mol. The third-order valence-electron chi connectivity index (χ3n) is 2.83. The maximum Gasteiger partial charge on any atom is 0.244 e. The van der Waals surface area contributed by atoms with Crippen LogP contribution in [0.4, 0.5) is 0 Å². The quantitative estimate of drug-likeness (QED) is 0.694. The van der Waals surface area contributed by atoms with E-state index >= 15 is 0 Å². The lowest BCUT2D eigenvalue weighted by molar-refractivity contribution is 0.353. The molecule has 9 heteroatoms. The number of ether oxygens (including phenoxy) is 1. The summed E-state index contributed by atoms with van der Waals surface area (Å²) in [5, 5.41) is 3.87. The van der Waals surface area contributed by atoms with E-state index in [1.165, 1.54) is 13.4 Å². The van der Waals surface area contributed by atoms with Crippen LogP contribution in [0.2, 0.25) is 0 Å². The van der Waals surface area contributed by atoms with Crippen LogP contribution >= 0.6 is 0 Å². The van der Waals surface area contributed by atoms with Gasteiger partial charge in [0.2, 0.25) is 17.6 Å². The van der Waals surface area contributed by atoms with E-state index in [4.69, 9.17) is 15.0 Å². The van der Waals surface area contributed by atoms with Gasteiger partial charge >= 0.3 is 0 Å². The van der Waals surface area contributed by atoms with Crippen LogP contribution in [0.25, 0.3) is 11.5 Å². The smallest absolute Gasteiger partial charge is 0.244 e. The molecule has 3 aromatic heterocycles. The highest BCUT2D eigenvalue weighted by Gasteiger charge is 2.17. The predicted molar refractivity (Wildman–Crippen MR) is 71.1 cm³/mol. The number of hydrogen-bond acceptors (Lipinski definition) is 8. The molecule has 0 amide bonds. The van der Waals surface area contributed by atoms with Crippen molar-refractivity contribution in [2.45, 2.75) is 12.5 Å². The monoisotopic (exact) mass is 287 g/mol. The normalized spacial score (nSPS) is 12.3. The van der Waals surface area contributed by atoms with E-state index in [-0.39, 0.29) is 0 Å². The summed E-state index contributed by atoms with van der Waals surface area (Å²) in [6.07, 6.45) is 5.18. The van der Waals surface area contributed by atoms with Crippen LogP contribution in [0.3, 0.4) is 0 Å². The van der Waals surface area contributed by atoms with E-state index in [0.29, 0.717) is 29.7 Å². The van der Waals surface area contributed by atoms with E-state index in [0.717, 1.165) is 5.69 Å². The molecule has 21 heavy (non-hydrogen) atoms. The third-order valence-corrected chi connectivity index (χ3v) is 2.83. The van der Waals surface area contributed by atoms with E-state index in [1.807, 2.05) is 0 Å². The van der Waals surface area contributed by atoms with Gasteiger partial charge in [-0.2, -0.15) is 4.98 Å². The summed E-state index contributed by atoms with van der Waals surface area (Å²) in [6, 6.07) is 1.20. The Morgan fingerprint density at radius 1 is 1.43 bits per heavy atom. The zero-order valence-corrected chi connectivity index (χ0v) is 11.2. The average Bonchev–Trinajstić information content (AvgIpc) is 3.18. The van der Waals surface area contributed by atoms with Crippen LogP contribution in [0.1, 0.15) is 17.6 Å². The molecule has 0 spiro atoms. The Morgan fingerprint density at radius 3 is 3.10 bits per heavy atom. The first kappa shape index (κ1) is 13.2. The Hall–Kier alpha value is -2.81. The lowest BCUT2D eigenvalue weighted by Crippen LogP contribution is -2.14. The van der Waals surface area contributed by atoms with Crippen LogP contribution in [-0.2, 0) is 6.42 Å². The molecule has 0 aliphatic carbocycles. The van der Waals surface area contributed by atoms with Crippen molar-refractivity contribution in [1.29, 1.82) is 0 Å². The number of rotatable bonds is 5. The Kier molecular flexibility index (Phi) is 3.56. The summed E-state index contributed by atoms with van der Waals surface area (Å²) in [6.45, 7) is 0. The van der Waals surface area contributed by atoms with Crippen LogP contribution in [-0.4, -0.2) is 37.2 Å². The number of nitrogens with one attached hydrogen (secondary N) is 1. The first-order chi connectivity index (χ1) is 10.3. The van der Waals surface area contributed by atoms with E-state index in [1.54, 1.807) is 18.6 Å². The van der Waals surface area contributed by atoms with Gasteiger partial charge in [-0.15, -0.1) is 0 Å². The molecule has 3 heterocycles. The maximum absolute atomic E-state index is 6.03. The minimum absolute atomic E-state index is 0.331. The summed E-state index contributed by atoms with van der Waals surface area (Å²) in [7, 11) is 1.52. The van der Waals surface area contributed by atoms with Gasteiger partial charge in [-0.05, 0) is 0 Å². The van der Waals surface area contributed by atoms with Gasteiger partial charge in [-0.1, -0.05) is 5.16 Å². The second-order valence-corrected chi connectivity index (χ2v) is 4.29. The van der Waals surface area contributed by atoms with Gasteiger partial charge in [0.1, 0.15) is 12.0 Å². The molecule has 0 bridgehead atoms. The predicted octanol–water partition coefficient (Wildman–Crippen LogP) is 0.501. The summed E-state index contributed by atoms with van der Waals surface area (Å²) in [5.41, 5.74) is 7.43. The fraction of sp³-hybridized carbons (Fsp3) is 0.250. The molecule has 108 valence electrons. The molecule has 0 aliphatic rings. The van der Waals surface area contributed by atoms with Crippen LogP contribution in [0, 0.1) is 0 Å². The van der Waals surface area contributed by atoms with Gasteiger partial charge in [-0.3, -0.25) is 0 Å². The van der Waals surface area contributed by atoms with Gasteiger partial charge in [-0.25, -0.2) is 15.0 Å². The molecule has 0 unspecified atom stereocenters. The maximum atomic E-state index is 6.03. The van der Waals surface area contributed by atoms with Crippen molar-refractivity contribution in [3.05, 3.63) is 36.5 Å². The molecule has 9 nitrogen and oxygen atoms in total. The Balaban J connectivity index is 1.79. The molecule has 1 atom stereocenters. The standard InChI is InChI=1S/C12H13N7O2/c1-20-10-3-9(16-6-17-10)11-18-12(21-19-11)8(13)2-7-4-14-5-15-7/h3-6,8H,2,13H2,1H3,(H,14,15)/t8-/m1/s1. The fourth-order valence-electron chi connectivity index (χ4n) is 1.78. The van der Waals surface area contributed by atoms with Crippen molar-refractivity contribution in [2.75, 3.05) is 7.11 Å². The molecular weight excluding hydrogens is 274 g/mol. The first-order valence-corrected chi connectivity index (χ1v) is 6.19. The van der Waals surface area contributed by atoms with Gasteiger partial charge < -0.3 is 20.0 Å². The Labute approximate surface area is 119 Å². The lowest BCUT2D eigenvalue weighted by atomic mass is 10.2. The number of imidazole rings is 1. The minimum Gasteiger partial charge on any atom is -0.481 e. The Bertz CT molecular complexity index is 710. The molecule has 0 saturated carbocycles. The number of aromatic amines is 1. The minimum atomic E-state index is -0.421. The third kappa shape index (κ3) is 2.87. The van der Waals surface area contributed by atoms with Crippen LogP contribution in [0.5, 0.6) is 5.88 Å². The van der Waals surface area contributed by atoms with Gasteiger partial charge in [0, 0.05) is 24.4 Å². The molecule has 0 aliphatic heterocycles. The first-order valence-electron chi connectivity index (χ1n) is 6.19. The van der Waals surface area contributed by atoms with E-state index in [2.05, 4.69) is 30.1 Å². The molecule has 0 fully saturated rings. The van der Waals surface area contributed by atoms with E-state index in [9.17, 15) is 0 Å². The molecule has 0 saturated heterocycles. The Morgan fingerprint density at radius 2 is 2.33 bits per heavy atom. The number of methoxy groups -OCH3 is 1. The van der Waals surface area contributed by atoms with Crippen molar-refractivity contribution in [3.63, 3.8) is 0 Å². The summed E-state index contributed by atoms with van der Waals surface area (Å²) in [4.78, 5) is 19.2. The van der Waals surface area contributed by atoms with Crippen molar-refractivity contribution in [3.8, 4) is 17.4 Å². The largest absolute Gasteiger partial charge is 0.481 e. The number of H-pyrrole nitrogens is 1. The summed E-state index contributed by atoms with van der Waals surface area (Å²) < 4.78 is 10.2. The molecular formula is C12H13N7O2. The van der Waals surface area contributed by atoms with Crippen molar-refractivity contribution in [1.82, 2.24) is 30.1 Å². The summed E-state index contributed by atoms with van der Waals surface area (Å²) in [5.74, 6) is 1.09. The van der Waals surface area contributed by atoms with Gasteiger partial charge in [0.15, 0.2) is 0 Å². The highest BCUT2D eigenvalue weighted by molar-refractivity contribution is 5.49. The molecule has 3 N–H and O–H groups in total. The van der Waals surface area contributed by atoms with E-state index < -0.39 is 6.04 Å². The SMILES string of the molecule is COc1cc(-c2noc([C@H](N)Cc3cnc[nH]3)n2)ncn1. The van der Waals surface area contributed by atoms with Crippen molar-refractivity contribution in [2.24, 2.45) is 5.73 Å². The van der Waals surface area contributed by atoms with Crippen LogP contribution in [0.15, 0.2) is 29.4 Å². The molecule has 3 aromatic rings. The number of nitrogens with zero attached hydrogens (tertiary/aromatic N) is 5. The number of nitrogens with two attached hydrogens (primary N) is 1. The molecule has 0 aromatic carbocycles. The number of aromatic nitrogens is 6. The molecule has 0 radical (unpaired) electrons. The van der Waals surface area contributed by atoms with Crippen molar-refractivity contribution < 1.29 is 9.26 Å². The zero-order chi connectivity index (χ0) is 14.7. The second-order valence-electron chi connectivity index (χ2n) is 4.29. The second kappa shape index (κ2) is 5.67. The highest BCUT2D eigenvalue weighted by Crippen LogP contribution is 2.19. The van der Waals surface area contributed by atoms with Gasteiger partial charge in [0.05, 0.1) is 19.5 Å². The van der Waals surface area contributed by atoms with Gasteiger partial charge in [0.25, 0.3) is 0 Å². The summed E-state index contributed by atoms with van der Waals surface area (Å²) >= 11 is 0. The number of hydrogen-bond donors (Lipinski definition) is 2. The molecule has 3 rings (SSSR count). The lowest BCUT2D eigenvalue weighted by Gasteiger charge is -2.03. The topological polar surface area (TPSA) is 129 Å². The fourth-order valence-corrected chi connectivity index (χ4v) is 1.78. The highest BCUT2D eigenvalue weighted by atomic mass is 16.5. The van der Waals surface area contributed by atoms with Crippen molar-refractivity contribution >= 4 is 0 Å². The zero-order valence-electron chi connectivity index (χ0n) is 11.2.